The molecule has 2 rings (SSSR count). The Hall–Kier alpha value is -0.679. The van der Waals surface area contributed by atoms with Gasteiger partial charge in [-0.25, -0.2) is 0 Å². The number of benzene rings is 1. The highest BCUT2D eigenvalue weighted by atomic mass is 32.2. The van der Waals surface area contributed by atoms with Crippen molar-refractivity contribution >= 4 is 35.1 Å². The highest BCUT2D eigenvalue weighted by Crippen LogP contribution is 2.46. The monoisotopic (exact) mass is 716 g/mol. The molecule has 0 radical (unpaired) electrons. The molecule has 266 valence electrons. The fraction of sp³-hybridized carbons (Fsp3) is 0.765. The first-order valence-electron chi connectivity index (χ1n) is 16.4. The van der Waals surface area contributed by atoms with Crippen molar-refractivity contribution in [3.63, 3.8) is 0 Å². The molecule has 0 spiro atoms. The quantitative estimate of drug-likeness (QED) is 0.114. The molecule has 0 N–H and O–H groups in total. The third kappa shape index (κ3) is 10.2. The highest BCUT2D eigenvalue weighted by molar-refractivity contribution is 7.86. The van der Waals surface area contributed by atoms with Crippen LogP contribution in [-0.2, 0) is 37.1 Å². The Labute approximate surface area is 284 Å². The lowest BCUT2D eigenvalue weighted by atomic mass is 9.99. The van der Waals surface area contributed by atoms with Gasteiger partial charge in [0.05, 0.1) is 18.1 Å². The van der Waals surface area contributed by atoms with Crippen molar-refractivity contribution in [2.45, 2.75) is 159 Å². The van der Waals surface area contributed by atoms with Gasteiger partial charge in [0.1, 0.15) is 24.4 Å². The zero-order chi connectivity index (χ0) is 35.7. The van der Waals surface area contributed by atoms with E-state index in [0.717, 1.165) is 5.56 Å². The van der Waals surface area contributed by atoms with Crippen LogP contribution in [0, 0.1) is 6.92 Å². The summed E-state index contributed by atoms with van der Waals surface area (Å²) in [6.45, 7) is 38.6. The van der Waals surface area contributed by atoms with Crippen LogP contribution in [0.3, 0.4) is 0 Å². The maximum atomic E-state index is 13.4. The summed E-state index contributed by atoms with van der Waals surface area (Å²) in [5, 5.41) is -0.359. The van der Waals surface area contributed by atoms with Crippen molar-refractivity contribution in [2.24, 2.45) is 0 Å². The molecule has 0 aliphatic carbocycles. The van der Waals surface area contributed by atoms with Gasteiger partial charge in [0.25, 0.3) is 10.1 Å². The van der Waals surface area contributed by atoms with Crippen LogP contribution in [0.25, 0.3) is 0 Å². The average Bonchev–Trinajstić information content (AvgIpc) is 2.87. The van der Waals surface area contributed by atoms with Crippen molar-refractivity contribution in [3.8, 4) is 0 Å². The largest absolute Gasteiger partial charge is 0.408 e. The van der Waals surface area contributed by atoms with Crippen LogP contribution in [-0.4, -0.2) is 77.3 Å². The molecular formula is C34H64O8SSi3. The van der Waals surface area contributed by atoms with Crippen LogP contribution < -0.4 is 0 Å². The van der Waals surface area contributed by atoms with E-state index in [1.807, 2.05) is 6.92 Å². The number of ether oxygens (including phenoxy) is 2. The van der Waals surface area contributed by atoms with E-state index in [2.05, 4.69) is 108 Å². The van der Waals surface area contributed by atoms with Crippen LogP contribution in [0.4, 0.5) is 0 Å². The van der Waals surface area contributed by atoms with Crippen molar-refractivity contribution in [3.05, 3.63) is 42.5 Å². The molecule has 5 atom stereocenters. The van der Waals surface area contributed by atoms with Gasteiger partial charge in [0, 0.05) is 0 Å². The summed E-state index contributed by atoms with van der Waals surface area (Å²) in [5.74, 6) is 0. The van der Waals surface area contributed by atoms with Crippen LogP contribution >= 0.6 is 0 Å². The number of rotatable bonds is 13. The fourth-order valence-corrected chi connectivity index (χ4v) is 9.01. The molecule has 8 nitrogen and oxygen atoms in total. The third-order valence-electron chi connectivity index (χ3n) is 10.4. The first kappa shape index (κ1) is 41.5. The Kier molecular flexibility index (Phi) is 13.2. The van der Waals surface area contributed by atoms with E-state index >= 15 is 0 Å². The lowest BCUT2D eigenvalue weighted by Crippen LogP contribution is -2.68. The normalized spacial score (nSPS) is 24.2. The van der Waals surface area contributed by atoms with Crippen molar-refractivity contribution in [2.75, 3.05) is 13.2 Å². The predicted molar refractivity (Wildman–Crippen MR) is 195 cm³/mol. The molecule has 0 saturated carbocycles. The van der Waals surface area contributed by atoms with Gasteiger partial charge < -0.3 is 22.8 Å². The third-order valence-corrected chi connectivity index (χ3v) is 25.1. The molecule has 0 unspecified atom stereocenters. The van der Waals surface area contributed by atoms with Crippen molar-refractivity contribution in [1.82, 2.24) is 0 Å². The molecule has 12 heteroatoms. The maximum absolute atomic E-state index is 13.4. The summed E-state index contributed by atoms with van der Waals surface area (Å²) in [7, 11) is -11.4. The lowest BCUT2D eigenvalue weighted by molar-refractivity contribution is -0.288. The molecule has 0 amide bonds. The molecule has 1 saturated heterocycles. The Morgan fingerprint density at radius 3 is 1.57 bits per heavy atom. The summed E-state index contributed by atoms with van der Waals surface area (Å²) in [5.41, 5.74) is 0.956. The van der Waals surface area contributed by atoms with Gasteiger partial charge >= 0.3 is 0 Å². The SMILES string of the molecule is C=CCO[C@H]1O[C@H](COS(=O)(=O)c2ccc(C)cc2)[C@@H](O[Si](C)(C)C(C)(C)C)[C@H](O[Si](C)(C)C(C)(C)C)[C@H]1O[Si](C)(C)C(C)(C)C. The van der Waals surface area contributed by atoms with Gasteiger partial charge in [0.2, 0.25) is 0 Å². The second-order valence-corrected chi connectivity index (χ2v) is 33.1. The van der Waals surface area contributed by atoms with E-state index in [-0.39, 0.29) is 33.2 Å². The molecule has 1 fully saturated rings. The van der Waals surface area contributed by atoms with Crippen molar-refractivity contribution < 1.29 is 35.4 Å². The lowest BCUT2D eigenvalue weighted by Gasteiger charge is -2.54. The molecular weight excluding hydrogens is 653 g/mol. The van der Waals surface area contributed by atoms with E-state index in [9.17, 15) is 8.42 Å². The van der Waals surface area contributed by atoms with Gasteiger partial charge in [-0.15, -0.1) is 6.58 Å². The van der Waals surface area contributed by atoms with Gasteiger partial charge in [-0.3, -0.25) is 4.18 Å². The topological polar surface area (TPSA) is 89.5 Å². The first-order chi connectivity index (χ1) is 20.6. The smallest absolute Gasteiger partial charge is 0.297 e. The molecule has 1 heterocycles. The van der Waals surface area contributed by atoms with Crippen LogP contribution in [0.1, 0.15) is 67.9 Å². The van der Waals surface area contributed by atoms with E-state index in [4.69, 9.17) is 26.9 Å². The van der Waals surface area contributed by atoms with Crippen molar-refractivity contribution in [1.29, 1.82) is 0 Å². The molecule has 1 aliphatic heterocycles. The summed E-state index contributed by atoms with van der Waals surface area (Å²) < 4.78 is 67.2. The second kappa shape index (κ2) is 14.7. The van der Waals surface area contributed by atoms with Crippen LogP contribution in [0.2, 0.25) is 54.4 Å². The first-order valence-corrected chi connectivity index (χ1v) is 26.6. The Bertz CT molecular complexity index is 1260. The number of hydrogen-bond acceptors (Lipinski definition) is 8. The van der Waals surface area contributed by atoms with Gasteiger partial charge in [-0.05, 0) is 73.5 Å². The number of hydrogen-bond donors (Lipinski definition) is 0. The Balaban J connectivity index is 2.76. The Morgan fingerprint density at radius 2 is 1.15 bits per heavy atom. The zero-order valence-electron chi connectivity index (χ0n) is 31.6. The summed E-state index contributed by atoms with van der Waals surface area (Å²) >= 11 is 0. The molecule has 1 aromatic carbocycles. The minimum atomic E-state index is -4.08. The fourth-order valence-electron chi connectivity index (χ4n) is 4.19. The van der Waals surface area contributed by atoms with E-state index in [1.165, 1.54) is 0 Å². The van der Waals surface area contributed by atoms with Gasteiger partial charge in [0.15, 0.2) is 31.2 Å². The average molecular weight is 717 g/mol. The summed E-state index contributed by atoms with van der Waals surface area (Å²) in [4.78, 5) is 0.0865. The maximum Gasteiger partial charge on any atom is 0.297 e. The highest BCUT2D eigenvalue weighted by Gasteiger charge is 2.56. The van der Waals surface area contributed by atoms with Gasteiger partial charge in [-0.1, -0.05) is 86.1 Å². The standard InChI is InChI=1S/C34H64O8SSi3/c1-18-23-37-31-30(42-46(16,17)34(9,10)11)29(41-45(14,15)33(6,7)8)28(40-44(12,13)32(3,4)5)27(39-31)24-38-43(35,36)26-21-19-25(2)20-22-26/h18-22,27-31H,1,23-24H2,2-17H3/t27-,28-,29+,30-,31+/m1/s1. The number of aryl methyl sites for hydroxylation is 1. The van der Waals surface area contributed by atoms with Crippen LogP contribution in [0.15, 0.2) is 41.8 Å². The minimum Gasteiger partial charge on any atom is -0.408 e. The summed E-state index contributed by atoms with van der Waals surface area (Å²) in [6, 6.07) is 6.61. The van der Waals surface area contributed by atoms with Gasteiger partial charge in [-0.2, -0.15) is 8.42 Å². The molecule has 46 heavy (non-hydrogen) atoms. The predicted octanol–water partition coefficient (Wildman–Crippen LogP) is 8.80. The Morgan fingerprint density at radius 1 is 0.739 bits per heavy atom. The van der Waals surface area contributed by atoms with E-state index in [0.29, 0.717) is 0 Å². The molecule has 0 aromatic heterocycles. The zero-order valence-corrected chi connectivity index (χ0v) is 35.4. The minimum absolute atomic E-state index is 0.0865. The van der Waals surface area contributed by atoms with Crippen LogP contribution in [0.5, 0.6) is 0 Å². The summed E-state index contributed by atoms with van der Waals surface area (Å²) in [6.07, 6.45) is -1.93. The van der Waals surface area contributed by atoms with E-state index in [1.54, 1.807) is 30.3 Å². The molecule has 1 aromatic rings. The van der Waals surface area contributed by atoms with E-state index < -0.39 is 65.8 Å². The molecule has 1 aliphatic rings. The second-order valence-electron chi connectivity index (χ2n) is 17.2. The molecule has 0 bridgehead atoms.